The van der Waals surface area contributed by atoms with Crippen molar-refractivity contribution in [2.45, 2.75) is 79.1 Å². The van der Waals surface area contributed by atoms with E-state index in [-0.39, 0.29) is 33.3 Å². The quantitative estimate of drug-likeness (QED) is 0.126. The monoisotopic (exact) mass is 611 g/mol. The van der Waals surface area contributed by atoms with Crippen molar-refractivity contribution >= 4 is 28.6 Å². The summed E-state index contributed by atoms with van der Waals surface area (Å²) in [6.07, 6.45) is 5.37. The summed E-state index contributed by atoms with van der Waals surface area (Å²) in [6.45, 7) is 18.4. The van der Waals surface area contributed by atoms with Crippen LogP contribution in [0.2, 0.25) is 0 Å². The molecular weight excluding hydrogens is 566 g/mol. The van der Waals surface area contributed by atoms with Crippen LogP contribution >= 0.6 is 0 Å². The van der Waals surface area contributed by atoms with E-state index in [1.807, 2.05) is 26.0 Å². The molecule has 0 atom stereocenters. The third kappa shape index (κ3) is 5.49. The topological polar surface area (TPSA) is 98.8 Å². The number of carbonyl (C=O) groups is 1. The zero-order valence-corrected chi connectivity index (χ0v) is 28.0. The third-order valence-corrected chi connectivity index (χ3v) is 9.59. The number of nitrogens with zero attached hydrogens (tertiary/aromatic N) is 3. The Hall–Kier alpha value is -4.20. The molecule has 0 unspecified atom stereocenters. The molecule has 0 saturated heterocycles. The normalized spacial score (nSPS) is 20.1. The van der Waals surface area contributed by atoms with Gasteiger partial charge in [0.15, 0.2) is 11.5 Å². The number of carbonyl (C=O) groups excluding carboxylic acids is 1. The van der Waals surface area contributed by atoms with Crippen molar-refractivity contribution in [1.29, 1.82) is 0 Å². The molecule has 0 amide bonds. The van der Waals surface area contributed by atoms with Gasteiger partial charge in [-0.25, -0.2) is 0 Å². The number of hydrogen-bond acceptors (Lipinski definition) is 6. The first-order chi connectivity index (χ1) is 21.1. The molecule has 5 rings (SSSR count). The summed E-state index contributed by atoms with van der Waals surface area (Å²) in [6, 6.07) is 11.0. The second-order valence-corrected chi connectivity index (χ2v) is 14.3. The highest BCUT2D eigenvalue weighted by Crippen LogP contribution is 2.50. The Balaban J connectivity index is 1.59. The summed E-state index contributed by atoms with van der Waals surface area (Å²) in [5.41, 5.74) is 4.89. The lowest BCUT2D eigenvalue weighted by Crippen LogP contribution is -2.35. The van der Waals surface area contributed by atoms with Crippen molar-refractivity contribution < 1.29 is 24.1 Å². The van der Waals surface area contributed by atoms with Crippen LogP contribution in [0, 0.1) is 22.0 Å². The van der Waals surface area contributed by atoms with Gasteiger partial charge in [-0.15, -0.1) is 0 Å². The van der Waals surface area contributed by atoms with Gasteiger partial charge in [0, 0.05) is 70.7 Å². The van der Waals surface area contributed by atoms with Crippen LogP contribution < -0.4 is 14.7 Å². The van der Waals surface area contributed by atoms with Gasteiger partial charge in [0.25, 0.3) is 5.69 Å². The average Bonchev–Trinajstić information content (AvgIpc) is 3.33. The van der Waals surface area contributed by atoms with E-state index in [1.165, 1.54) is 6.07 Å². The summed E-state index contributed by atoms with van der Waals surface area (Å²) in [7, 11) is 1.65. The van der Waals surface area contributed by atoms with E-state index >= 15 is 0 Å². The highest BCUT2D eigenvalue weighted by molar-refractivity contribution is 6.24. The SMILES string of the molecule is COc1ccc2c(c1)C(C)(C)C(C=C1C(=O)C(/C=C3\N(CCC(C)C)c4ccc([N+](=O)[O-])cc4C3(C)C)=C1[O-])=[N+]2CCC(C)C. The largest absolute Gasteiger partial charge is 0.871 e. The molecule has 8 heteroatoms. The lowest BCUT2D eigenvalue weighted by molar-refractivity contribution is -0.439. The van der Waals surface area contributed by atoms with Gasteiger partial charge in [-0.2, -0.15) is 4.58 Å². The van der Waals surface area contributed by atoms with Gasteiger partial charge in [-0.1, -0.05) is 47.3 Å². The van der Waals surface area contributed by atoms with Gasteiger partial charge in [-0.3, -0.25) is 14.9 Å². The molecule has 0 fully saturated rings. The summed E-state index contributed by atoms with van der Waals surface area (Å²) >= 11 is 0. The van der Waals surface area contributed by atoms with E-state index in [9.17, 15) is 20.0 Å². The highest BCUT2D eigenvalue weighted by atomic mass is 16.6. The minimum absolute atomic E-state index is 0.0254. The molecule has 45 heavy (non-hydrogen) atoms. The second-order valence-electron chi connectivity index (χ2n) is 14.3. The summed E-state index contributed by atoms with van der Waals surface area (Å²) < 4.78 is 7.77. The number of allylic oxidation sites excluding steroid dienone is 5. The van der Waals surface area contributed by atoms with E-state index in [0.717, 1.165) is 59.0 Å². The predicted octanol–water partition coefficient (Wildman–Crippen LogP) is 6.88. The van der Waals surface area contributed by atoms with Crippen LogP contribution in [0.4, 0.5) is 17.1 Å². The third-order valence-electron chi connectivity index (χ3n) is 9.59. The van der Waals surface area contributed by atoms with Crippen LogP contribution in [-0.2, 0) is 15.6 Å². The molecule has 0 N–H and O–H groups in total. The van der Waals surface area contributed by atoms with Crippen LogP contribution in [0.25, 0.3) is 0 Å². The molecule has 8 nitrogen and oxygen atoms in total. The lowest BCUT2D eigenvalue weighted by Gasteiger charge is -2.33. The molecule has 1 aliphatic carbocycles. The molecule has 2 aliphatic heterocycles. The molecule has 238 valence electrons. The molecule has 0 radical (unpaired) electrons. The fourth-order valence-corrected chi connectivity index (χ4v) is 6.70. The first-order valence-electron chi connectivity index (χ1n) is 15.9. The number of benzene rings is 2. The molecule has 2 aromatic carbocycles. The van der Waals surface area contributed by atoms with E-state index < -0.39 is 10.8 Å². The average molecular weight is 612 g/mol. The number of fused-ring (bicyclic) bond motifs is 2. The van der Waals surface area contributed by atoms with Gasteiger partial charge in [-0.05, 0) is 61.9 Å². The number of ketones is 1. The fourth-order valence-electron chi connectivity index (χ4n) is 6.70. The van der Waals surface area contributed by atoms with Gasteiger partial charge >= 0.3 is 0 Å². The van der Waals surface area contributed by atoms with Crippen molar-refractivity contribution in [3.05, 3.63) is 92.4 Å². The Morgan fingerprint density at radius 1 is 0.956 bits per heavy atom. The van der Waals surface area contributed by atoms with Gasteiger partial charge < -0.3 is 14.7 Å². The highest BCUT2D eigenvalue weighted by Gasteiger charge is 2.46. The number of rotatable bonds is 10. The number of non-ortho nitro benzene ring substituents is 1. The lowest BCUT2D eigenvalue weighted by atomic mass is 9.77. The predicted molar refractivity (Wildman–Crippen MR) is 176 cm³/mol. The number of nitro benzene ring substituents is 1. The van der Waals surface area contributed by atoms with Gasteiger partial charge in [0.2, 0.25) is 5.69 Å². The standard InChI is InChI=1S/C37H45N3O5/c1-22(2)14-16-38-30-12-10-24(40(43)44)18-28(30)36(5,6)32(38)20-26-34(41)27(35(26)42)21-33-37(7,8)29-19-25(45-9)11-13-31(29)39(33)17-15-23(3)4/h10-13,18-23H,14-17H2,1-9H3. The van der Waals surface area contributed by atoms with Gasteiger partial charge in [0.05, 0.1) is 17.4 Å². The first-order valence-corrected chi connectivity index (χ1v) is 15.9. The van der Waals surface area contributed by atoms with Crippen LogP contribution in [0.3, 0.4) is 0 Å². The maximum Gasteiger partial charge on any atom is 0.269 e. The fraction of sp³-hybridized carbons (Fsp3) is 0.459. The Bertz CT molecular complexity index is 1700. The van der Waals surface area contributed by atoms with E-state index in [0.29, 0.717) is 18.4 Å². The molecule has 0 spiro atoms. The van der Waals surface area contributed by atoms with Gasteiger partial charge in [0.1, 0.15) is 12.3 Å². The number of methoxy groups -OCH3 is 1. The number of anilines is 1. The number of hydrogen-bond donors (Lipinski definition) is 0. The van der Waals surface area contributed by atoms with E-state index in [4.69, 9.17) is 4.74 Å². The molecule has 2 heterocycles. The number of Topliss-reactive ketones (excluding diaryl/α,β-unsaturated/α-hetero) is 1. The minimum Gasteiger partial charge on any atom is -0.871 e. The van der Waals surface area contributed by atoms with Crippen molar-refractivity contribution in [3.8, 4) is 5.75 Å². The van der Waals surface area contributed by atoms with E-state index in [1.54, 1.807) is 31.4 Å². The van der Waals surface area contributed by atoms with Crippen molar-refractivity contribution in [2.75, 3.05) is 25.1 Å². The van der Waals surface area contributed by atoms with Crippen LogP contribution in [0.1, 0.15) is 79.4 Å². The zero-order chi connectivity index (χ0) is 33.0. The Morgan fingerprint density at radius 2 is 1.64 bits per heavy atom. The molecule has 2 aromatic rings. The van der Waals surface area contributed by atoms with Crippen LogP contribution in [0.5, 0.6) is 5.75 Å². The second kappa shape index (κ2) is 11.6. The Kier molecular flexibility index (Phi) is 8.32. The molecule has 3 aliphatic rings. The first kappa shape index (κ1) is 32.2. The van der Waals surface area contributed by atoms with E-state index in [2.05, 4.69) is 57.1 Å². The maximum atomic E-state index is 13.8. The molecule has 0 aromatic heterocycles. The maximum absolute atomic E-state index is 13.8. The van der Waals surface area contributed by atoms with Crippen LogP contribution in [-0.4, -0.2) is 41.2 Å². The molecular formula is C37H45N3O5. The minimum atomic E-state index is -0.637. The molecule has 0 saturated carbocycles. The molecule has 0 bridgehead atoms. The summed E-state index contributed by atoms with van der Waals surface area (Å²) in [4.78, 5) is 27.1. The van der Waals surface area contributed by atoms with Crippen molar-refractivity contribution in [1.82, 2.24) is 0 Å². The Morgan fingerprint density at radius 3 is 2.24 bits per heavy atom. The van der Waals surface area contributed by atoms with Crippen LogP contribution in [0.15, 0.2) is 71.2 Å². The number of ether oxygens (including phenoxy) is 1. The van der Waals surface area contributed by atoms with Crippen molar-refractivity contribution in [3.63, 3.8) is 0 Å². The number of nitro groups is 1. The zero-order valence-electron chi connectivity index (χ0n) is 28.0. The summed E-state index contributed by atoms with van der Waals surface area (Å²) in [5.74, 6) is 1.15. The smallest absolute Gasteiger partial charge is 0.269 e. The summed E-state index contributed by atoms with van der Waals surface area (Å²) in [5, 5.41) is 25.4. The Labute approximate surface area is 266 Å². The van der Waals surface area contributed by atoms with Crippen molar-refractivity contribution in [2.24, 2.45) is 11.8 Å².